The number of benzene rings is 1. The third-order valence-corrected chi connectivity index (χ3v) is 3.76. The van der Waals surface area contributed by atoms with Crippen molar-refractivity contribution in [2.45, 2.75) is 44.1 Å². The summed E-state index contributed by atoms with van der Waals surface area (Å²) in [5.74, 6) is 1.38. The van der Waals surface area contributed by atoms with Gasteiger partial charge in [-0.1, -0.05) is 35.5 Å². The van der Waals surface area contributed by atoms with Gasteiger partial charge in [-0.15, -0.1) is 0 Å². The van der Waals surface area contributed by atoms with E-state index in [1.54, 1.807) is 0 Å². The van der Waals surface area contributed by atoms with Crippen molar-refractivity contribution < 1.29 is 9.63 Å². The van der Waals surface area contributed by atoms with Crippen LogP contribution in [-0.2, 0) is 12.8 Å². The number of aromatic nitrogens is 2. The van der Waals surface area contributed by atoms with E-state index in [1.807, 2.05) is 18.2 Å². The highest BCUT2D eigenvalue weighted by Gasteiger charge is 2.31. The average molecular weight is 258 g/mol. The molecule has 4 nitrogen and oxygen atoms in total. The first-order valence-electron chi connectivity index (χ1n) is 6.87. The van der Waals surface area contributed by atoms with Crippen LogP contribution in [-0.4, -0.2) is 21.4 Å². The van der Waals surface area contributed by atoms with Gasteiger partial charge >= 0.3 is 0 Å². The zero-order valence-corrected chi connectivity index (χ0v) is 10.8. The van der Waals surface area contributed by atoms with Gasteiger partial charge in [-0.25, -0.2) is 0 Å². The molecular weight excluding hydrogens is 240 g/mol. The minimum Gasteiger partial charge on any atom is -0.392 e. The SMILES string of the molecule is OC1CCCC1c1nc(CCc2ccccc2)no1. The molecule has 100 valence electrons. The van der Waals surface area contributed by atoms with Crippen molar-refractivity contribution in [2.24, 2.45) is 0 Å². The van der Waals surface area contributed by atoms with E-state index in [2.05, 4.69) is 22.3 Å². The first kappa shape index (κ1) is 12.4. The van der Waals surface area contributed by atoms with Gasteiger partial charge in [0, 0.05) is 6.42 Å². The molecule has 1 aliphatic rings. The normalized spacial score (nSPS) is 22.8. The number of aliphatic hydroxyl groups is 1. The summed E-state index contributed by atoms with van der Waals surface area (Å²) in [5.41, 5.74) is 1.27. The fourth-order valence-corrected chi connectivity index (χ4v) is 2.65. The summed E-state index contributed by atoms with van der Waals surface area (Å²) >= 11 is 0. The van der Waals surface area contributed by atoms with Gasteiger partial charge in [-0.2, -0.15) is 4.98 Å². The topological polar surface area (TPSA) is 59.2 Å². The van der Waals surface area contributed by atoms with E-state index in [1.165, 1.54) is 5.56 Å². The van der Waals surface area contributed by atoms with Gasteiger partial charge in [-0.3, -0.25) is 0 Å². The van der Waals surface area contributed by atoms with Crippen molar-refractivity contribution in [3.05, 3.63) is 47.6 Å². The summed E-state index contributed by atoms with van der Waals surface area (Å²) in [5, 5.41) is 13.8. The molecule has 2 atom stereocenters. The van der Waals surface area contributed by atoms with Crippen LogP contribution in [0.15, 0.2) is 34.9 Å². The second kappa shape index (κ2) is 5.53. The maximum absolute atomic E-state index is 9.83. The number of hydrogen-bond acceptors (Lipinski definition) is 4. The minimum atomic E-state index is -0.317. The molecule has 1 aromatic carbocycles. The predicted molar refractivity (Wildman–Crippen MR) is 70.7 cm³/mol. The summed E-state index contributed by atoms with van der Waals surface area (Å²) in [6.45, 7) is 0. The first-order chi connectivity index (χ1) is 9.33. The van der Waals surface area contributed by atoms with Crippen molar-refractivity contribution in [3.63, 3.8) is 0 Å². The molecule has 1 heterocycles. The van der Waals surface area contributed by atoms with E-state index >= 15 is 0 Å². The third-order valence-electron chi connectivity index (χ3n) is 3.76. The molecule has 1 saturated carbocycles. The van der Waals surface area contributed by atoms with Gasteiger partial charge in [0.05, 0.1) is 12.0 Å². The maximum Gasteiger partial charge on any atom is 0.232 e. The molecule has 3 rings (SSSR count). The molecule has 4 heteroatoms. The molecule has 1 aromatic heterocycles. The highest BCUT2D eigenvalue weighted by Crippen LogP contribution is 2.33. The lowest BCUT2D eigenvalue weighted by atomic mass is 10.1. The summed E-state index contributed by atoms with van der Waals surface area (Å²) in [4.78, 5) is 4.42. The molecule has 0 saturated heterocycles. The van der Waals surface area contributed by atoms with E-state index in [0.29, 0.717) is 5.89 Å². The Kier molecular flexibility index (Phi) is 3.60. The van der Waals surface area contributed by atoms with E-state index < -0.39 is 0 Å². The van der Waals surface area contributed by atoms with Gasteiger partial charge in [0.15, 0.2) is 5.82 Å². The number of nitrogens with zero attached hydrogens (tertiary/aromatic N) is 2. The summed E-state index contributed by atoms with van der Waals surface area (Å²) in [6, 6.07) is 10.3. The van der Waals surface area contributed by atoms with Crippen molar-refractivity contribution in [1.82, 2.24) is 10.1 Å². The zero-order valence-electron chi connectivity index (χ0n) is 10.8. The molecular formula is C15H18N2O2. The number of hydrogen-bond donors (Lipinski definition) is 1. The molecule has 0 radical (unpaired) electrons. The van der Waals surface area contributed by atoms with E-state index in [-0.39, 0.29) is 12.0 Å². The Bertz CT molecular complexity index is 524. The summed E-state index contributed by atoms with van der Waals surface area (Å²) in [7, 11) is 0. The Morgan fingerprint density at radius 2 is 2.00 bits per heavy atom. The molecule has 1 fully saturated rings. The molecule has 0 spiro atoms. The molecule has 1 aliphatic carbocycles. The van der Waals surface area contributed by atoms with Crippen LogP contribution in [0.25, 0.3) is 0 Å². The van der Waals surface area contributed by atoms with Crippen LogP contribution >= 0.6 is 0 Å². The van der Waals surface area contributed by atoms with Crippen LogP contribution in [0.2, 0.25) is 0 Å². The van der Waals surface area contributed by atoms with Crippen LogP contribution in [0.4, 0.5) is 0 Å². The summed E-state index contributed by atoms with van der Waals surface area (Å²) in [6.07, 6.45) is 4.19. The Morgan fingerprint density at radius 1 is 1.16 bits per heavy atom. The van der Waals surface area contributed by atoms with Gasteiger partial charge in [0.1, 0.15) is 0 Å². The fourth-order valence-electron chi connectivity index (χ4n) is 2.65. The van der Waals surface area contributed by atoms with Crippen molar-refractivity contribution in [1.29, 1.82) is 0 Å². The molecule has 0 bridgehead atoms. The van der Waals surface area contributed by atoms with Gasteiger partial charge < -0.3 is 9.63 Å². The number of rotatable bonds is 4. The first-order valence-corrected chi connectivity index (χ1v) is 6.87. The lowest BCUT2D eigenvalue weighted by Crippen LogP contribution is -2.11. The lowest BCUT2D eigenvalue weighted by molar-refractivity contribution is 0.148. The average Bonchev–Trinajstić information content (AvgIpc) is 3.06. The zero-order chi connectivity index (χ0) is 13.1. The van der Waals surface area contributed by atoms with Gasteiger partial charge in [0.2, 0.25) is 5.89 Å². The van der Waals surface area contributed by atoms with Crippen LogP contribution in [0.1, 0.15) is 42.5 Å². The van der Waals surface area contributed by atoms with E-state index in [9.17, 15) is 5.11 Å². The predicted octanol–water partition coefficient (Wildman–Crippen LogP) is 2.48. The van der Waals surface area contributed by atoms with Gasteiger partial charge in [-0.05, 0) is 31.2 Å². The molecule has 0 aliphatic heterocycles. The highest BCUT2D eigenvalue weighted by molar-refractivity contribution is 5.15. The Morgan fingerprint density at radius 3 is 2.74 bits per heavy atom. The molecule has 2 unspecified atom stereocenters. The van der Waals surface area contributed by atoms with Crippen LogP contribution in [0.3, 0.4) is 0 Å². The summed E-state index contributed by atoms with van der Waals surface area (Å²) < 4.78 is 5.29. The largest absolute Gasteiger partial charge is 0.392 e. The second-order valence-electron chi connectivity index (χ2n) is 5.14. The maximum atomic E-state index is 9.83. The Labute approximate surface area is 112 Å². The van der Waals surface area contributed by atoms with E-state index in [4.69, 9.17) is 4.52 Å². The quantitative estimate of drug-likeness (QED) is 0.915. The smallest absolute Gasteiger partial charge is 0.232 e. The third kappa shape index (κ3) is 2.84. The second-order valence-corrected chi connectivity index (χ2v) is 5.14. The van der Waals surface area contributed by atoms with Crippen molar-refractivity contribution in [2.75, 3.05) is 0 Å². The highest BCUT2D eigenvalue weighted by atomic mass is 16.5. The van der Waals surface area contributed by atoms with Crippen LogP contribution < -0.4 is 0 Å². The number of aliphatic hydroxyl groups excluding tert-OH is 1. The monoisotopic (exact) mass is 258 g/mol. The van der Waals surface area contributed by atoms with Crippen LogP contribution in [0, 0.1) is 0 Å². The number of aryl methyl sites for hydroxylation is 2. The van der Waals surface area contributed by atoms with E-state index in [0.717, 1.165) is 37.9 Å². The standard InChI is InChI=1S/C15H18N2O2/c18-13-8-4-7-12(13)15-16-14(17-19-15)10-9-11-5-2-1-3-6-11/h1-3,5-6,12-13,18H,4,7-10H2. The molecule has 2 aromatic rings. The fraction of sp³-hybridized carbons (Fsp3) is 0.467. The minimum absolute atomic E-state index is 0.0398. The lowest BCUT2D eigenvalue weighted by Gasteiger charge is -2.07. The Hall–Kier alpha value is -1.68. The molecule has 19 heavy (non-hydrogen) atoms. The molecule has 0 amide bonds. The van der Waals surface area contributed by atoms with Gasteiger partial charge in [0.25, 0.3) is 0 Å². The molecule has 1 N–H and O–H groups in total. The van der Waals surface area contributed by atoms with Crippen LogP contribution in [0.5, 0.6) is 0 Å². The van der Waals surface area contributed by atoms with Crippen molar-refractivity contribution in [3.8, 4) is 0 Å². The Balaban J connectivity index is 1.62. The van der Waals surface area contributed by atoms with Crippen molar-refractivity contribution >= 4 is 0 Å².